The first-order valence-corrected chi connectivity index (χ1v) is 5.17. The molecule has 0 aliphatic heterocycles. The molecular weight excluding hydrogens is 214 g/mol. The van der Waals surface area contributed by atoms with E-state index in [9.17, 15) is 4.79 Å². The van der Waals surface area contributed by atoms with E-state index in [0.29, 0.717) is 6.54 Å². The molecule has 0 bridgehead atoms. The van der Waals surface area contributed by atoms with Crippen LogP contribution in [0.2, 0.25) is 0 Å². The average Bonchev–Trinajstić information content (AvgIpc) is 2.14. The Morgan fingerprint density at radius 2 is 1.93 bits per heavy atom. The molecule has 4 N–H and O–H groups in total. The highest BCUT2D eigenvalue weighted by Gasteiger charge is 2.16. The molecule has 0 radical (unpaired) electrons. The summed E-state index contributed by atoms with van der Waals surface area (Å²) in [6.45, 7) is 6.38. The summed E-state index contributed by atoms with van der Waals surface area (Å²) < 4.78 is 0. The SMILES string of the molecule is CCN(C(=O)/C(N)=C/C=C(\N)Cl)C(C)C. The highest BCUT2D eigenvalue weighted by atomic mass is 35.5. The minimum atomic E-state index is -0.207. The molecule has 0 aromatic rings. The van der Waals surface area contributed by atoms with Crippen LogP contribution < -0.4 is 11.5 Å². The summed E-state index contributed by atoms with van der Waals surface area (Å²) in [6.07, 6.45) is 2.80. The summed E-state index contributed by atoms with van der Waals surface area (Å²) in [7, 11) is 0. The van der Waals surface area contributed by atoms with Gasteiger partial charge in [-0.1, -0.05) is 11.6 Å². The van der Waals surface area contributed by atoms with Crippen molar-refractivity contribution >= 4 is 17.5 Å². The van der Waals surface area contributed by atoms with Gasteiger partial charge in [0, 0.05) is 12.6 Å². The molecule has 0 spiro atoms. The molecule has 1 amide bonds. The molecule has 0 rings (SSSR count). The van der Waals surface area contributed by atoms with E-state index >= 15 is 0 Å². The highest BCUT2D eigenvalue weighted by Crippen LogP contribution is 2.03. The monoisotopic (exact) mass is 231 g/mol. The van der Waals surface area contributed by atoms with Gasteiger partial charge in [-0.2, -0.15) is 0 Å². The first-order valence-electron chi connectivity index (χ1n) is 4.79. The summed E-state index contributed by atoms with van der Waals surface area (Å²) in [5, 5.41) is 0.0957. The van der Waals surface area contributed by atoms with Crippen LogP contribution in [-0.2, 0) is 4.79 Å². The standard InChI is InChI=1S/C10H18ClN3O/c1-4-14(7(2)3)10(15)8(12)5-6-9(11)13/h5-7H,4,12-13H2,1-3H3/b8-5-,9-6-. The Balaban J connectivity index is 4.69. The summed E-state index contributed by atoms with van der Waals surface area (Å²) in [6, 6.07) is 0.117. The van der Waals surface area contributed by atoms with Crippen LogP contribution in [0.5, 0.6) is 0 Å². The third-order valence-corrected chi connectivity index (χ3v) is 2.02. The number of halogens is 1. The molecule has 0 saturated carbocycles. The largest absolute Gasteiger partial charge is 0.394 e. The van der Waals surface area contributed by atoms with Crippen LogP contribution in [0, 0.1) is 0 Å². The van der Waals surface area contributed by atoms with Crippen molar-refractivity contribution in [1.29, 1.82) is 0 Å². The Hall–Kier alpha value is -1.16. The predicted octanol–water partition coefficient (Wildman–Crippen LogP) is 1.12. The van der Waals surface area contributed by atoms with E-state index in [2.05, 4.69) is 0 Å². The first-order chi connectivity index (χ1) is 6.90. The molecule has 5 heteroatoms. The molecule has 0 saturated heterocycles. The van der Waals surface area contributed by atoms with Crippen LogP contribution >= 0.6 is 11.6 Å². The topological polar surface area (TPSA) is 72.3 Å². The van der Waals surface area contributed by atoms with Gasteiger partial charge >= 0.3 is 0 Å². The Morgan fingerprint density at radius 1 is 1.40 bits per heavy atom. The molecule has 0 fully saturated rings. The highest BCUT2D eigenvalue weighted by molar-refractivity contribution is 6.29. The Kier molecular flexibility index (Phi) is 5.86. The summed E-state index contributed by atoms with van der Waals surface area (Å²) in [4.78, 5) is 13.4. The normalized spacial score (nSPS) is 13.1. The second-order valence-electron chi connectivity index (χ2n) is 3.36. The van der Waals surface area contributed by atoms with Crippen LogP contribution in [0.3, 0.4) is 0 Å². The van der Waals surface area contributed by atoms with Gasteiger partial charge in [0.05, 0.1) is 10.9 Å². The van der Waals surface area contributed by atoms with Crippen LogP contribution in [0.1, 0.15) is 20.8 Å². The second kappa shape index (κ2) is 6.35. The minimum absolute atomic E-state index is 0.0957. The number of allylic oxidation sites excluding steroid dienone is 2. The van der Waals surface area contributed by atoms with Gasteiger partial charge < -0.3 is 16.4 Å². The molecule has 0 atom stereocenters. The van der Waals surface area contributed by atoms with Gasteiger partial charge in [-0.3, -0.25) is 4.79 Å². The minimum Gasteiger partial charge on any atom is -0.394 e. The summed E-state index contributed by atoms with van der Waals surface area (Å²) in [5.41, 5.74) is 10.9. The lowest BCUT2D eigenvalue weighted by Crippen LogP contribution is -2.39. The van der Waals surface area contributed by atoms with Gasteiger partial charge in [0.15, 0.2) is 0 Å². The summed E-state index contributed by atoms with van der Waals surface area (Å²) in [5.74, 6) is -0.207. The van der Waals surface area contributed by atoms with E-state index in [0.717, 1.165) is 0 Å². The fraction of sp³-hybridized carbons (Fsp3) is 0.500. The number of hydrogen-bond acceptors (Lipinski definition) is 3. The number of nitrogens with two attached hydrogens (primary N) is 2. The van der Waals surface area contributed by atoms with Crippen molar-refractivity contribution in [3.8, 4) is 0 Å². The summed E-state index contributed by atoms with van der Waals surface area (Å²) >= 11 is 5.42. The molecule has 0 aliphatic carbocycles. The number of amides is 1. The van der Waals surface area contributed by atoms with E-state index in [-0.39, 0.29) is 22.8 Å². The molecule has 0 aromatic heterocycles. The average molecular weight is 232 g/mol. The molecule has 4 nitrogen and oxygen atoms in total. The number of hydrogen-bond donors (Lipinski definition) is 2. The smallest absolute Gasteiger partial charge is 0.269 e. The van der Waals surface area contributed by atoms with Crippen molar-refractivity contribution in [3.05, 3.63) is 23.0 Å². The Bertz CT molecular complexity index is 280. The molecule has 0 aromatic carbocycles. The first kappa shape index (κ1) is 13.8. The van der Waals surface area contributed by atoms with E-state index in [1.54, 1.807) is 4.90 Å². The van der Waals surface area contributed by atoms with Gasteiger partial charge in [-0.05, 0) is 32.9 Å². The van der Waals surface area contributed by atoms with Crippen molar-refractivity contribution in [3.63, 3.8) is 0 Å². The van der Waals surface area contributed by atoms with E-state index in [4.69, 9.17) is 23.1 Å². The molecule has 0 unspecified atom stereocenters. The van der Waals surface area contributed by atoms with Crippen LogP contribution in [0.15, 0.2) is 23.0 Å². The van der Waals surface area contributed by atoms with Crippen molar-refractivity contribution in [2.45, 2.75) is 26.8 Å². The van der Waals surface area contributed by atoms with Crippen molar-refractivity contribution in [2.24, 2.45) is 11.5 Å². The van der Waals surface area contributed by atoms with Crippen LogP contribution in [0.25, 0.3) is 0 Å². The van der Waals surface area contributed by atoms with Gasteiger partial charge in [0.25, 0.3) is 5.91 Å². The number of nitrogens with zero attached hydrogens (tertiary/aromatic N) is 1. The quantitative estimate of drug-likeness (QED) is 0.433. The zero-order chi connectivity index (χ0) is 12.0. The van der Waals surface area contributed by atoms with Crippen LogP contribution in [-0.4, -0.2) is 23.4 Å². The van der Waals surface area contributed by atoms with Crippen molar-refractivity contribution < 1.29 is 4.79 Å². The number of rotatable bonds is 4. The maximum absolute atomic E-state index is 11.7. The lowest BCUT2D eigenvalue weighted by molar-refractivity contribution is -0.128. The third kappa shape index (κ3) is 4.74. The van der Waals surface area contributed by atoms with Gasteiger partial charge in [0.2, 0.25) is 0 Å². The Labute approximate surface area is 95.5 Å². The second-order valence-corrected chi connectivity index (χ2v) is 3.79. The lowest BCUT2D eigenvalue weighted by atomic mass is 10.2. The van der Waals surface area contributed by atoms with Gasteiger partial charge in [0.1, 0.15) is 0 Å². The van der Waals surface area contributed by atoms with Crippen LogP contribution in [0.4, 0.5) is 0 Å². The van der Waals surface area contributed by atoms with Gasteiger partial charge in [-0.15, -0.1) is 0 Å². The molecule has 0 heterocycles. The van der Waals surface area contributed by atoms with Crippen molar-refractivity contribution in [1.82, 2.24) is 4.90 Å². The number of carbonyl (C=O) groups excluding carboxylic acids is 1. The lowest BCUT2D eigenvalue weighted by Gasteiger charge is -2.25. The molecule has 15 heavy (non-hydrogen) atoms. The number of likely N-dealkylation sites (N-methyl/N-ethyl adjacent to an activating group) is 1. The number of carbonyl (C=O) groups is 1. The zero-order valence-corrected chi connectivity index (χ0v) is 10.1. The fourth-order valence-corrected chi connectivity index (χ4v) is 1.21. The maximum atomic E-state index is 11.7. The van der Waals surface area contributed by atoms with E-state index in [1.807, 2.05) is 20.8 Å². The van der Waals surface area contributed by atoms with Crippen molar-refractivity contribution in [2.75, 3.05) is 6.54 Å². The van der Waals surface area contributed by atoms with E-state index in [1.165, 1.54) is 12.2 Å². The Morgan fingerprint density at radius 3 is 2.27 bits per heavy atom. The molecule has 0 aliphatic rings. The predicted molar refractivity (Wildman–Crippen MR) is 62.9 cm³/mol. The third-order valence-electron chi connectivity index (χ3n) is 1.89. The molecular formula is C10H18ClN3O. The van der Waals surface area contributed by atoms with Gasteiger partial charge in [-0.25, -0.2) is 0 Å². The maximum Gasteiger partial charge on any atom is 0.269 e. The fourth-order valence-electron chi connectivity index (χ4n) is 1.15. The zero-order valence-electron chi connectivity index (χ0n) is 9.33. The van der Waals surface area contributed by atoms with E-state index < -0.39 is 0 Å². The molecule has 86 valence electrons.